The standard InChI is InChI=1S/C16H16FN3O3/c1-3-23-16-12(5-4-8-18-16)15(22)20-11-6-7-13(17)14(9-11)19-10(2)21/h4-9H,3H2,1-2H3,(H,19,21)(H,20,22). The number of rotatable bonds is 5. The molecule has 120 valence electrons. The average molecular weight is 317 g/mol. The van der Waals surface area contributed by atoms with Gasteiger partial charge in [-0.2, -0.15) is 0 Å². The van der Waals surface area contributed by atoms with Crippen LogP contribution < -0.4 is 15.4 Å². The maximum atomic E-state index is 13.6. The number of benzene rings is 1. The topological polar surface area (TPSA) is 80.3 Å². The monoisotopic (exact) mass is 317 g/mol. The van der Waals surface area contributed by atoms with Crippen molar-refractivity contribution in [1.29, 1.82) is 0 Å². The number of halogens is 1. The van der Waals surface area contributed by atoms with Gasteiger partial charge in [-0.25, -0.2) is 9.37 Å². The predicted octanol–water partition coefficient (Wildman–Crippen LogP) is 2.83. The summed E-state index contributed by atoms with van der Waals surface area (Å²) in [6.07, 6.45) is 1.52. The van der Waals surface area contributed by atoms with Crippen LogP contribution in [0.1, 0.15) is 24.2 Å². The van der Waals surface area contributed by atoms with E-state index in [1.54, 1.807) is 19.1 Å². The first-order chi connectivity index (χ1) is 11.0. The first-order valence-corrected chi connectivity index (χ1v) is 6.97. The summed E-state index contributed by atoms with van der Waals surface area (Å²) in [6.45, 7) is 3.44. The highest BCUT2D eigenvalue weighted by molar-refractivity contribution is 6.06. The third-order valence-electron chi connectivity index (χ3n) is 2.83. The van der Waals surface area contributed by atoms with Crippen LogP contribution in [0.5, 0.6) is 5.88 Å². The van der Waals surface area contributed by atoms with Gasteiger partial charge in [0.2, 0.25) is 11.8 Å². The molecule has 1 heterocycles. The van der Waals surface area contributed by atoms with E-state index in [1.165, 1.54) is 25.3 Å². The van der Waals surface area contributed by atoms with E-state index < -0.39 is 17.6 Å². The van der Waals surface area contributed by atoms with Gasteiger partial charge in [0.25, 0.3) is 5.91 Å². The van der Waals surface area contributed by atoms with E-state index in [2.05, 4.69) is 15.6 Å². The van der Waals surface area contributed by atoms with E-state index in [0.29, 0.717) is 12.3 Å². The zero-order valence-electron chi connectivity index (χ0n) is 12.7. The molecular weight excluding hydrogens is 301 g/mol. The van der Waals surface area contributed by atoms with E-state index in [9.17, 15) is 14.0 Å². The fourth-order valence-electron chi connectivity index (χ4n) is 1.90. The Morgan fingerprint density at radius 3 is 2.74 bits per heavy atom. The molecule has 0 saturated carbocycles. The van der Waals surface area contributed by atoms with E-state index >= 15 is 0 Å². The van der Waals surface area contributed by atoms with Gasteiger partial charge in [0.15, 0.2) is 0 Å². The lowest BCUT2D eigenvalue weighted by molar-refractivity contribution is -0.114. The minimum absolute atomic E-state index is 0.00785. The molecule has 6 nitrogen and oxygen atoms in total. The molecule has 0 unspecified atom stereocenters. The lowest BCUT2D eigenvalue weighted by Gasteiger charge is -2.11. The molecule has 2 amide bonds. The molecule has 0 radical (unpaired) electrons. The van der Waals surface area contributed by atoms with Crippen LogP contribution in [0.3, 0.4) is 0 Å². The van der Waals surface area contributed by atoms with Crippen LogP contribution >= 0.6 is 0 Å². The molecule has 2 rings (SSSR count). The fraction of sp³-hybridized carbons (Fsp3) is 0.188. The Bertz CT molecular complexity index is 734. The molecule has 0 aliphatic heterocycles. The number of ether oxygens (including phenoxy) is 1. The third-order valence-corrected chi connectivity index (χ3v) is 2.83. The van der Waals surface area contributed by atoms with Gasteiger partial charge < -0.3 is 15.4 Å². The summed E-state index contributed by atoms with van der Waals surface area (Å²) >= 11 is 0. The molecule has 0 bridgehead atoms. The van der Waals surface area contributed by atoms with Gasteiger partial charge in [-0.15, -0.1) is 0 Å². The second kappa shape index (κ2) is 7.35. The Morgan fingerprint density at radius 2 is 2.04 bits per heavy atom. The van der Waals surface area contributed by atoms with E-state index in [1.807, 2.05) is 0 Å². The van der Waals surface area contributed by atoms with E-state index in [-0.39, 0.29) is 17.1 Å². The van der Waals surface area contributed by atoms with Gasteiger partial charge in [-0.1, -0.05) is 0 Å². The Labute approximate surface area is 132 Å². The van der Waals surface area contributed by atoms with Gasteiger partial charge in [0, 0.05) is 18.8 Å². The molecule has 7 heteroatoms. The molecule has 0 fully saturated rings. The van der Waals surface area contributed by atoms with E-state index in [0.717, 1.165) is 6.07 Å². The predicted molar refractivity (Wildman–Crippen MR) is 84.1 cm³/mol. The van der Waals surface area contributed by atoms with Crippen molar-refractivity contribution >= 4 is 23.2 Å². The molecule has 0 atom stereocenters. The van der Waals surface area contributed by atoms with Gasteiger partial charge >= 0.3 is 0 Å². The lowest BCUT2D eigenvalue weighted by atomic mass is 10.2. The summed E-state index contributed by atoms with van der Waals surface area (Å²) in [6, 6.07) is 7.09. The average Bonchev–Trinajstić information content (AvgIpc) is 2.51. The summed E-state index contributed by atoms with van der Waals surface area (Å²) in [4.78, 5) is 27.4. The lowest BCUT2D eigenvalue weighted by Crippen LogP contribution is -2.15. The Kier molecular flexibility index (Phi) is 5.24. The van der Waals surface area contributed by atoms with Crippen molar-refractivity contribution in [2.75, 3.05) is 17.2 Å². The SMILES string of the molecule is CCOc1ncccc1C(=O)Nc1ccc(F)c(NC(C)=O)c1. The second-order valence-corrected chi connectivity index (χ2v) is 4.62. The summed E-state index contributed by atoms with van der Waals surface area (Å²) in [5, 5.41) is 4.98. The fourth-order valence-corrected chi connectivity index (χ4v) is 1.90. The first kappa shape index (κ1) is 16.4. The van der Waals surface area contributed by atoms with Crippen molar-refractivity contribution in [3.63, 3.8) is 0 Å². The molecule has 0 aliphatic rings. The number of pyridine rings is 1. The maximum absolute atomic E-state index is 13.6. The van der Waals surface area contributed by atoms with Crippen LogP contribution in [0.25, 0.3) is 0 Å². The molecule has 2 aromatic rings. The maximum Gasteiger partial charge on any atom is 0.261 e. The smallest absolute Gasteiger partial charge is 0.261 e. The van der Waals surface area contributed by atoms with Crippen LogP contribution in [-0.4, -0.2) is 23.4 Å². The summed E-state index contributed by atoms with van der Waals surface area (Å²) in [5.41, 5.74) is 0.595. The second-order valence-electron chi connectivity index (χ2n) is 4.62. The largest absolute Gasteiger partial charge is 0.477 e. The van der Waals surface area contributed by atoms with Crippen molar-refractivity contribution in [3.05, 3.63) is 47.9 Å². The minimum Gasteiger partial charge on any atom is -0.477 e. The van der Waals surface area contributed by atoms with Crippen molar-refractivity contribution in [1.82, 2.24) is 4.98 Å². The Balaban J connectivity index is 2.22. The van der Waals surface area contributed by atoms with Crippen LogP contribution in [0.4, 0.5) is 15.8 Å². The van der Waals surface area contributed by atoms with Gasteiger partial charge in [-0.3, -0.25) is 9.59 Å². The van der Waals surface area contributed by atoms with Gasteiger partial charge in [0.05, 0.1) is 12.3 Å². The van der Waals surface area contributed by atoms with E-state index in [4.69, 9.17) is 4.74 Å². The zero-order chi connectivity index (χ0) is 16.8. The van der Waals surface area contributed by atoms with Crippen molar-refractivity contribution in [2.24, 2.45) is 0 Å². The molecular formula is C16H16FN3O3. The number of nitrogens with zero attached hydrogens (tertiary/aromatic N) is 1. The molecule has 0 aliphatic carbocycles. The quantitative estimate of drug-likeness (QED) is 0.888. The number of hydrogen-bond donors (Lipinski definition) is 2. The number of carbonyl (C=O) groups excluding carboxylic acids is 2. The number of aromatic nitrogens is 1. The summed E-state index contributed by atoms with van der Waals surface area (Å²) < 4.78 is 18.9. The first-order valence-electron chi connectivity index (χ1n) is 6.97. The summed E-state index contributed by atoms with van der Waals surface area (Å²) in [7, 11) is 0. The zero-order valence-corrected chi connectivity index (χ0v) is 12.7. The van der Waals surface area contributed by atoms with Gasteiger partial charge in [-0.05, 0) is 37.3 Å². The molecule has 2 N–H and O–H groups in total. The number of anilines is 2. The molecule has 1 aromatic heterocycles. The highest BCUT2D eigenvalue weighted by Crippen LogP contribution is 2.21. The van der Waals surface area contributed by atoms with Crippen LogP contribution in [0.2, 0.25) is 0 Å². The summed E-state index contributed by atoms with van der Waals surface area (Å²) in [5.74, 6) is -1.22. The van der Waals surface area contributed by atoms with Crippen LogP contribution in [0.15, 0.2) is 36.5 Å². The Morgan fingerprint density at radius 1 is 1.26 bits per heavy atom. The van der Waals surface area contributed by atoms with Crippen molar-refractivity contribution in [2.45, 2.75) is 13.8 Å². The van der Waals surface area contributed by atoms with Gasteiger partial charge in [0.1, 0.15) is 11.4 Å². The highest BCUT2D eigenvalue weighted by Gasteiger charge is 2.14. The number of hydrogen-bond acceptors (Lipinski definition) is 4. The molecule has 0 spiro atoms. The van der Waals surface area contributed by atoms with Crippen LogP contribution in [0, 0.1) is 5.82 Å². The molecule has 23 heavy (non-hydrogen) atoms. The van der Waals surface area contributed by atoms with Crippen LogP contribution in [-0.2, 0) is 4.79 Å². The number of carbonyl (C=O) groups is 2. The van der Waals surface area contributed by atoms with Crippen molar-refractivity contribution in [3.8, 4) is 5.88 Å². The highest BCUT2D eigenvalue weighted by atomic mass is 19.1. The third kappa shape index (κ3) is 4.26. The normalized spacial score (nSPS) is 10.0. The molecule has 1 aromatic carbocycles. The Hall–Kier alpha value is -2.96. The number of amides is 2. The van der Waals surface area contributed by atoms with Crippen molar-refractivity contribution < 1.29 is 18.7 Å². The minimum atomic E-state index is -0.588. The number of nitrogens with one attached hydrogen (secondary N) is 2. The molecule has 0 saturated heterocycles.